The number of aromatic nitrogens is 5. The van der Waals surface area contributed by atoms with E-state index in [1.54, 1.807) is 10.7 Å². The first-order valence-corrected chi connectivity index (χ1v) is 12.1. The van der Waals surface area contributed by atoms with Gasteiger partial charge in [0.25, 0.3) is 0 Å². The molecule has 0 aliphatic rings. The van der Waals surface area contributed by atoms with Gasteiger partial charge in [-0.15, -0.1) is 5.10 Å². The van der Waals surface area contributed by atoms with Gasteiger partial charge in [-0.3, -0.25) is 4.40 Å². The second-order valence-electron chi connectivity index (χ2n) is 8.96. The van der Waals surface area contributed by atoms with E-state index in [9.17, 15) is 9.65 Å². The van der Waals surface area contributed by atoms with Gasteiger partial charge >= 0.3 is 0 Å². The number of para-hydroxylation sites is 2. The van der Waals surface area contributed by atoms with E-state index in [1.807, 2.05) is 34.9 Å². The zero-order chi connectivity index (χ0) is 24.6. The summed E-state index contributed by atoms with van der Waals surface area (Å²) in [5.74, 6) is -0.365. The van der Waals surface area contributed by atoms with Crippen molar-refractivity contribution in [2.24, 2.45) is 0 Å². The van der Waals surface area contributed by atoms with Crippen molar-refractivity contribution >= 4 is 27.6 Å². The van der Waals surface area contributed by atoms with Crippen molar-refractivity contribution < 1.29 is 4.39 Å². The Morgan fingerprint density at radius 1 is 0.972 bits per heavy atom. The molecular weight excluding hydrogens is 451 g/mol. The van der Waals surface area contributed by atoms with Crippen LogP contribution in [0.4, 0.5) is 4.39 Å². The highest BCUT2D eigenvalue weighted by atomic mass is 19.1. The van der Waals surface area contributed by atoms with E-state index in [1.165, 1.54) is 37.0 Å². The Kier molecular flexibility index (Phi) is 5.42. The third kappa shape index (κ3) is 3.59. The Labute approximate surface area is 207 Å². The molecule has 0 saturated carbocycles. The van der Waals surface area contributed by atoms with Crippen LogP contribution in [0.3, 0.4) is 0 Å². The molecule has 0 aliphatic carbocycles. The normalized spacial score (nSPS) is 11.5. The molecule has 7 heteroatoms. The molecule has 0 fully saturated rings. The quantitative estimate of drug-likeness (QED) is 0.254. The predicted octanol–water partition coefficient (Wildman–Crippen LogP) is 6.63. The van der Waals surface area contributed by atoms with Crippen LogP contribution in [0.25, 0.3) is 44.5 Å². The molecular formula is C29H23FN6. The van der Waals surface area contributed by atoms with Crippen LogP contribution < -0.4 is 0 Å². The van der Waals surface area contributed by atoms with Crippen molar-refractivity contribution in [1.29, 1.82) is 5.26 Å². The molecule has 0 bridgehead atoms. The first-order valence-electron chi connectivity index (χ1n) is 12.1. The van der Waals surface area contributed by atoms with Crippen LogP contribution >= 0.6 is 0 Å². The van der Waals surface area contributed by atoms with Gasteiger partial charge in [0.1, 0.15) is 23.1 Å². The smallest absolute Gasteiger partial charge is 0.158 e. The van der Waals surface area contributed by atoms with E-state index < -0.39 is 0 Å². The summed E-state index contributed by atoms with van der Waals surface area (Å²) in [6.07, 6.45) is 6.49. The molecule has 6 aromatic rings. The van der Waals surface area contributed by atoms with Gasteiger partial charge in [0.2, 0.25) is 0 Å². The number of benzene rings is 3. The summed E-state index contributed by atoms with van der Waals surface area (Å²) in [6.45, 7) is 2.20. The number of fused-ring (bicyclic) bond motifs is 5. The minimum atomic E-state index is -0.365. The number of imidazole rings is 1. The Bertz CT molecular complexity index is 1770. The van der Waals surface area contributed by atoms with E-state index in [2.05, 4.69) is 47.6 Å². The highest BCUT2D eigenvalue weighted by molar-refractivity contribution is 5.99. The van der Waals surface area contributed by atoms with Crippen LogP contribution in [0, 0.1) is 17.1 Å². The largest absolute Gasteiger partial charge is 0.291 e. The lowest BCUT2D eigenvalue weighted by atomic mass is 10.0. The van der Waals surface area contributed by atoms with Gasteiger partial charge in [-0.05, 0) is 48.7 Å². The van der Waals surface area contributed by atoms with Crippen molar-refractivity contribution in [2.75, 3.05) is 0 Å². The lowest BCUT2D eigenvalue weighted by molar-refractivity contribution is 0.629. The standard InChI is InChI=1S/C29H23FN6/c1-2-3-4-7-19-10-12-20(13-11-19)25-18-35(34-33-25)28-22-15-14-21(30)16-27(22)36-26-9-6-5-8-24(26)32-29(36)23(28)17-31/h5-6,8-16,18H,2-4,7H2,1H3. The number of hydrogen-bond acceptors (Lipinski definition) is 4. The number of aryl methyl sites for hydroxylation is 1. The molecule has 3 aromatic heterocycles. The summed E-state index contributed by atoms with van der Waals surface area (Å²) in [7, 11) is 0. The Morgan fingerprint density at radius 2 is 1.81 bits per heavy atom. The van der Waals surface area contributed by atoms with Crippen LogP contribution in [0.15, 0.2) is 72.9 Å². The highest BCUT2D eigenvalue weighted by Gasteiger charge is 2.21. The van der Waals surface area contributed by atoms with E-state index in [4.69, 9.17) is 4.98 Å². The maximum Gasteiger partial charge on any atom is 0.158 e. The van der Waals surface area contributed by atoms with Gasteiger partial charge in [0.15, 0.2) is 5.65 Å². The fourth-order valence-corrected chi connectivity index (χ4v) is 4.84. The molecule has 0 saturated heterocycles. The zero-order valence-corrected chi connectivity index (χ0v) is 19.8. The Balaban J connectivity index is 1.51. The van der Waals surface area contributed by atoms with Crippen LogP contribution in [0.2, 0.25) is 0 Å². The topological polar surface area (TPSA) is 71.8 Å². The minimum absolute atomic E-state index is 0.355. The predicted molar refractivity (Wildman–Crippen MR) is 138 cm³/mol. The summed E-state index contributed by atoms with van der Waals surface area (Å²) in [6, 6.07) is 22.8. The number of unbranched alkanes of at least 4 members (excludes halogenated alkanes) is 2. The highest BCUT2D eigenvalue weighted by Crippen LogP contribution is 2.33. The summed E-state index contributed by atoms with van der Waals surface area (Å²) < 4.78 is 17.8. The van der Waals surface area contributed by atoms with Crippen LogP contribution in [-0.4, -0.2) is 24.4 Å². The first kappa shape index (κ1) is 21.9. The maximum absolute atomic E-state index is 14.4. The number of nitriles is 1. The molecule has 0 unspecified atom stereocenters. The number of halogens is 1. The maximum atomic E-state index is 14.4. The number of pyridine rings is 1. The van der Waals surface area contributed by atoms with Crippen molar-refractivity contribution in [3.8, 4) is 23.0 Å². The van der Waals surface area contributed by atoms with E-state index in [0.717, 1.165) is 23.0 Å². The molecule has 176 valence electrons. The number of nitrogens with zero attached hydrogens (tertiary/aromatic N) is 6. The second kappa shape index (κ2) is 8.90. The Hall–Kier alpha value is -4.57. The number of hydrogen-bond donors (Lipinski definition) is 0. The van der Waals surface area contributed by atoms with Gasteiger partial charge in [-0.1, -0.05) is 61.4 Å². The number of rotatable bonds is 6. The molecule has 0 amide bonds. The fourth-order valence-electron chi connectivity index (χ4n) is 4.84. The van der Waals surface area contributed by atoms with Crippen molar-refractivity contribution in [3.63, 3.8) is 0 Å². The van der Waals surface area contributed by atoms with E-state index >= 15 is 0 Å². The summed E-state index contributed by atoms with van der Waals surface area (Å²) in [4.78, 5) is 4.71. The second-order valence-corrected chi connectivity index (χ2v) is 8.96. The van der Waals surface area contributed by atoms with Gasteiger partial charge in [0.05, 0.1) is 28.4 Å². The molecule has 0 atom stereocenters. The lowest BCUT2D eigenvalue weighted by Crippen LogP contribution is -2.04. The molecule has 0 aliphatic heterocycles. The SMILES string of the molecule is CCCCCc1ccc(-c2cn(-c3c(C#N)c4nc5ccccc5n4c4cc(F)ccc34)nn2)cc1. The van der Waals surface area contributed by atoms with Gasteiger partial charge in [-0.25, -0.2) is 14.1 Å². The molecule has 3 heterocycles. The molecule has 36 heavy (non-hydrogen) atoms. The van der Waals surface area contributed by atoms with Crippen LogP contribution in [0.1, 0.15) is 37.3 Å². The molecule has 6 rings (SSSR count). The molecule has 6 nitrogen and oxygen atoms in total. The molecule has 3 aromatic carbocycles. The minimum Gasteiger partial charge on any atom is -0.291 e. The summed E-state index contributed by atoms with van der Waals surface area (Å²) >= 11 is 0. The van der Waals surface area contributed by atoms with Crippen LogP contribution in [-0.2, 0) is 6.42 Å². The third-order valence-electron chi connectivity index (χ3n) is 6.63. The van der Waals surface area contributed by atoms with E-state index in [-0.39, 0.29) is 5.82 Å². The third-order valence-corrected chi connectivity index (χ3v) is 6.63. The average molecular weight is 475 g/mol. The van der Waals surface area contributed by atoms with Crippen molar-refractivity contribution in [2.45, 2.75) is 32.6 Å². The van der Waals surface area contributed by atoms with Gasteiger partial charge in [0, 0.05) is 10.9 Å². The summed E-state index contributed by atoms with van der Waals surface area (Å²) in [5.41, 5.74) is 6.44. The van der Waals surface area contributed by atoms with Gasteiger partial charge < -0.3 is 0 Å². The molecule has 0 radical (unpaired) electrons. The van der Waals surface area contributed by atoms with Crippen molar-refractivity contribution in [1.82, 2.24) is 24.4 Å². The van der Waals surface area contributed by atoms with Crippen LogP contribution in [0.5, 0.6) is 0 Å². The molecule has 0 spiro atoms. The fraction of sp³-hybridized carbons (Fsp3) is 0.172. The summed E-state index contributed by atoms with van der Waals surface area (Å²) in [5, 5.41) is 19.7. The van der Waals surface area contributed by atoms with Gasteiger partial charge in [-0.2, -0.15) is 5.26 Å². The van der Waals surface area contributed by atoms with Crippen molar-refractivity contribution in [3.05, 3.63) is 89.9 Å². The Morgan fingerprint density at radius 3 is 2.61 bits per heavy atom. The first-order chi connectivity index (χ1) is 17.7. The zero-order valence-electron chi connectivity index (χ0n) is 19.8. The molecule has 0 N–H and O–H groups in total. The lowest BCUT2D eigenvalue weighted by Gasteiger charge is -2.12. The average Bonchev–Trinajstić information content (AvgIpc) is 3.54. The van der Waals surface area contributed by atoms with E-state index in [0.29, 0.717) is 33.5 Å². The monoisotopic (exact) mass is 474 g/mol.